The van der Waals surface area contributed by atoms with Crippen molar-refractivity contribution in [3.05, 3.63) is 38.9 Å². The number of benzene rings is 1. The van der Waals surface area contributed by atoms with Crippen molar-refractivity contribution in [2.45, 2.75) is 26.8 Å². The number of nitrogens with zero attached hydrogens (tertiary/aromatic N) is 1. The highest BCUT2D eigenvalue weighted by Crippen LogP contribution is 2.11. The zero-order valence-electron chi connectivity index (χ0n) is 14.2. The first-order valence-corrected chi connectivity index (χ1v) is 8.39. The molecule has 7 heteroatoms. The number of rotatable bonds is 7. The van der Waals surface area contributed by atoms with Crippen LogP contribution >= 0.6 is 12.2 Å². The highest BCUT2D eigenvalue weighted by Gasteiger charge is 2.10. The molecule has 0 aliphatic rings. The van der Waals surface area contributed by atoms with Crippen LogP contribution in [0.4, 0.5) is 0 Å². The van der Waals surface area contributed by atoms with E-state index in [1.54, 1.807) is 25.3 Å². The monoisotopic (exact) mass is 349 g/mol. The smallest absolute Gasteiger partial charge is 0.262 e. The van der Waals surface area contributed by atoms with Gasteiger partial charge in [0.05, 0.1) is 24.1 Å². The van der Waals surface area contributed by atoms with Gasteiger partial charge >= 0.3 is 0 Å². The summed E-state index contributed by atoms with van der Waals surface area (Å²) in [4.78, 5) is 27.7. The van der Waals surface area contributed by atoms with E-state index in [1.807, 2.05) is 0 Å². The molecule has 1 aromatic carbocycles. The van der Waals surface area contributed by atoms with Crippen molar-refractivity contribution in [2.24, 2.45) is 5.92 Å². The standard InChI is InChI=1S/C17H23N3O3S/c1-11(2)6-7-18-15(21)12-4-5-13-14(10-12)19-17(24)20(16(13)22)8-9-23-3/h4-5,10-11H,6-9H2,1-3H3,(H,18,21)(H,19,24). The molecule has 0 atom stereocenters. The Morgan fingerprint density at radius 1 is 1.42 bits per heavy atom. The van der Waals surface area contributed by atoms with E-state index in [2.05, 4.69) is 24.1 Å². The maximum atomic E-state index is 12.5. The van der Waals surface area contributed by atoms with Crippen molar-refractivity contribution in [3.8, 4) is 0 Å². The second kappa shape index (κ2) is 8.21. The predicted molar refractivity (Wildman–Crippen MR) is 97.1 cm³/mol. The number of methoxy groups -OCH3 is 1. The second-order valence-corrected chi connectivity index (χ2v) is 6.47. The largest absolute Gasteiger partial charge is 0.383 e. The minimum atomic E-state index is -0.183. The molecule has 0 aliphatic heterocycles. The highest BCUT2D eigenvalue weighted by molar-refractivity contribution is 7.71. The van der Waals surface area contributed by atoms with Crippen LogP contribution in [0.25, 0.3) is 10.9 Å². The Hall–Kier alpha value is -1.99. The van der Waals surface area contributed by atoms with E-state index in [9.17, 15) is 9.59 Å². The van der Waals surface area contributed by atoms with Crippen LogP contribution in [-0.4, -0.2) is 35.7 Å². The van der Waals surface area contributed by atoms with E-state index in [1.165, 1.54) is 4.57 Å². The quantitative estimate of drug-likeness (QED) is 0.753. The third kappa shape index (κ3) is 4.30. The molecular weight excluding hydrogens is 326 g/mol. The number of hydrogen-bond acceptors (Lipinski definition) is 4. The van der Waals surface area contributed by atoms with Crippen molar-refractivity contribution < 1.29 is 9.53 Å². The molecule has 24 heavy (non-hydrogen) atoms. The SMILES string of the molecule is COCCn1c(=S)[nH]c2cc(C(=O)NCCC(C)C)ccc2c1=O. The first-order valence-electron chi connectivity index (χ1n) is 7.98. The average Bonchev–Trinajstić information content (AvgIpc) is 2.53. The van der Waals surface area contributed by atoms with Gasteiger partial charge in [-0.3, -0.25) is 14.2 Å². The molecule has 0 spiro atoms. The maximum absolute atomic E-state index is 12.5. The summed E-state index contributed by atoms with van der Waals surface area (Å²) in [7, 11) is 1.57. The molecule has 0 aliphatic carbocycles. The molecule has 130 valence electrons. The highest BCUT2D eigenvalue weighted by atomic mass is 32.1. The third-order valence-electron chi connectivity index (χ3n) is 3.77. The molecular formula is C17H23N3O3S. The van der Waals surface area contributed by atoms with Crippen LogP contribution in [0.15, 0.2) is 23.0 Å². The van der Waals surface area contributed by atoms with E-state index >= 15 is 0 Å². The second-order valence-electron chi connectivity index (χ2n) is 6.08. The number of carbonyl (C=O) groups is 1. The first kappa shape index (κ1) is 18.4. The Morgan fingerprint density at radius 2 is 2.17 bits per heavy atom. The van der Waals surface area contributed by atoms with Crippen molar-refractivity contribution in [2.75, 3.05) is 20.3 Å². The molecule has 0 saturated heterocycles. The van der Waals surface area contributed by atoms with Gasteiger partial charge in [-0.25, -0.2) is 0 Å². The summed E-state index contributed by atoms with van der Waals surface area (Å²) in [6.45, 7) is 5.63. The fraction of sp³-hybridized carbons (Fsp3) is 0.471. The number of nitrogens with one attached hydrogen (secondary N) is 2. The topological polar surface area (TPSA) is 76.1 Å². The summed E-state index contributed by atoms with van der Waals surface area (Å²) in [5.74, 6) is 0.379. The summed E-state index contributed by atoms with van der Waals surface area (Å²) in [6, 6.07) is 4.98. The van der Waals surface area contributed by atoms with Crippen LogP contribution in [0.2, 0.25) is 0 Å². The third-order valence-corrected chi connectivity index (χ3v) is 4.09. The normalized spacial score (nSPS) is 11.2. The molecule has 0 bridgehead atoms. The molecule has 0 fully saturated rings. The van der Waals surface area contributed by atoms with Gasteiger partial charge in [0.2, 0.25) is 0 Å². The summed E-state index contributed by atoms with van der Waals surface area (Å²) in [5.41, 5.74) is 0.888. The summed E-state index contributed by atoms with van der Waals surface area (Å²) in [6.07, 6.45) is 0.923. The van der Waals surface area contributed by atoms with E-state index in [0.717, 1.165) is 6.42 Å². The molecule has 6 nitrogen and oxygen atoms in total. The molecule has 0 unspecified atom stereocenters. The van der Waals surface area contributed by atoms with E-state index in [0.29, 0.717) is 46.9 Å². The molecule has 1 aromatic heterocycles. The zero-order chi connectivity index (χ0) is 17.7. The lowest BCUT2D eigenvalue weighted by Gasteiger charge is -2.10. The van der Waals surface area contributed by atoms with Crippen LogP contribution in [0.3, 0.4) is 0 Å². The number of ether oxygens (including phenoxy) is 1. The van der Waals surface area contributed by atoms with Gasteiger partial charge in [-0.05, 0) is 42.8 Å². The fourth-order valence-electron chi connectivity index (χ4n) is 2.36. The van der Waals surface area contributed by atoms with E-state index in [4.69, 9.17) is 17.0 Å². The lowest BCUT2D eigenvalue weighted by molar-refractivity contribution is 0.0952. The number of aromatic nitrogens is 2. The summed E-state index contributed by atoms with van der Waals surface area (Å²) >= 11 is 5.24. The van der Waals surface area contributed by atoms with Crippen molar-refractivity contribution in [1.82, 2.24) is 14.9 Å². The number of hydrogen-bond donors (Lipinski definition) is 2. The Balaban J connectivity index is 2.30. The lowest BCUT2D eigenvalue weighted by atomic mass is 10.1. The van der Waals surface area contributed by atoms with Gasteiger partial charge in [0.25, 0.3) is 11.5 Å². The van der Waals surface area contributed by atoms with Gasteiger partial charge in [0, 0.05) is 19.2 Å². The van der Waals surface area contributed by atoms with Crippen molar-refractivity contribution >= 4 is 29.0 Å². The lowest BCUT2D eigenvalue weighted by Crippen LogP contribution is -2.26. The van der Waals surface area contributed by atoms with Crippen LogP contribution in [-0.2, 0) is 11.3 Å². The van der Waals surface area contributed by atoms with Crippen LogP contribution < -0.4 is 10.9 Å². The molecule has 1 heterocycles. The predicted octanol–water partition coefficient (Wildman–Crippen LogP) is 2.48. The Labute approximate surface area is 145 Å². The zero-order valence-corrected chi connectivity index (χ0v) is 15.0. The summed E-state index contributed by atoms with van der Waals surface area (Å²) < 4.78 is 6.78. The van der Waals surface area contributed by atoms with Crippen molar-refractivity contribution in [3.63, 3.8) is 0 Å². The van der Waals surface area contributed by atoms with Gasteiger partial charge < -0.3 is 15.0 Å². The molecule has 0 saturated carbocycles. The number of amides is 1. The van der Waals surface area contributed by atoms with Gasteiger partial charge in [0.15, 0.2) is 4.77 Å². The molecule has 1 amide bonds. The van der Waals surface area contributed by atoms with E-state index in [-0.39, 0.29) is 11.5 Å². The number of carbonyl (C=O) groups excluding carboxylic acids is 1. The van der Waals surface area contributed by atoms with Gasteiger partial charge in [-0.1, -0.05) is 13.8 Å². The van der Waals surface area contributed by atoms with Crippen molar-refractivity contribution in [1.29, 1.82) is 0 Å². The average molecular weight is 349 g/mol. The van der Waals surface area contributed by atoms with E-state index < -0.39 is 0 Å². The minimum Gasteiger partial charge on any atom is -0.383 e. The fourth-order valence-corrected chi connectivity index (χ4v) is 2.64. The van der Waals surface area contributed by atoms with Crippen LogP contribution in [0.1, 0.15) is 30.6 Å². The van der Waals surface area contributed by atoms with Gasteiger partial charge in [-0.2, -0.15) is 0 Å². The first-order chi connectivity index (χ1) is 11.4. The number of H-pyrrole nitrogens is 1. The van der Waals surface area contributed by atoms with Gasteiger partial charge in [0.1, 0.15) is 0 Å². The maximum Gasteiger partial charge on any atom is 0.262 e. The van der Waals surface area contributed by atoms with Crippen LogP contribution in [0, 0.1) is 10.7 Å². The Kier molecular flexibility index (Phi) is 6.28. The van der Waals surface area contributed by atoms with Crippen LogP contribution in [0.5, 0.6) is 0 Å². The Bertz CT molecular complexity index is 839. The number of aromatic amines is 1. The van der Waals surface area contributed by atoms with Gasteiger partial charge in [-0.15, -0.1) is 0 Å². The molecule has 0 radical (unpaired) electrons. The molecule has 2 rings (SSSR count). The minimum absolute atomic E-state index is 0.152. The number of fused-ring (bicyclic) bond motifs is 1. The summed E-state index contributed by atoms with van der Waals surface area (Å²) in [5, 5.41) is 3.38. The molecule has 2 N–H and O–H groups in total. The Morgan fingerprint density at radius 3 is 2.83 bits per heavy atom. The molecule has 2 aromatic rings.